The third kappa shape index (κ3) is 4.03. The first-order valence-corrected chi connectivity index (χ1v) is 11.0. The molecule has 1 aromatic heterocycles. The highest BCUT2D eigenvalue weighted by Crippen LogP contribution is 2.58. The van der Waals surface area contributed by atoms with Crippen LogP contribution in [-0.4, -0.2) is 27.6 Å². The van der Waals surface area contributed by atoms with Crippen LogP contribution in [0.3, 0.4) is 0 Å². The fourth-order valence-corrected chi connectivity index (χ4v) is 5.46. The first-order valence-electron chi connectivity index (χ1n) is 11.0. The highest BCUT2D eigenvalue weighted by molar-refractivity contribution is 6.06. The van der Waals surface area contributed by atoms with E-state index in [2.05, 4.69) is 5.32 Å². The highest BCUT2D eigenvalue weighted by Gasteiger charge is 2.55. The lowest BCUT2D eigenvalue weighted by Gasteiger charge is -2.56. The van der Waals surface area contributed by atoms with Crippen molar-refractivity contribution in [2.75, 3.05) is 0 Å². The van der Waals surface area contributed by atoms with Crippen molar-refractivity contribution in [3.63, 3.8) is 0 Å². The second kappa shape index (κ2) is 7.85. The lowest BCUT2D eigenvalue weighted by molar-refractivity contribution is -0.155. The second-order valence-electron chi connectivity index (χ2n) is 9.55. The highest BCUT2D eigenvalue weighted by atomic mass is 19.4. The molecule has 34 heavy (non-hydrogen) atoms. The van der Waals surface area contributed by atoms with Crippen molar-refractivity contribution in [1.29, 1.82) is 0 Å². The van der Waals surface area contributed by atoms with Crippen molar-refractivity contribution in [2.24, 2.45) is 11.3 Å². The van der Waals surface area contributed by atoms with Crippen LogP contribution in [0.15, 0.2) is 48.7 Å². The molecule has 0 atom stereocenters. The topological polar surface area (TPSA) is 71.3 Å². The molecule has 2 N–H and O–H groups in total. The number of carboxylic acid groups (broad SMARTS) is 1. The first kappa shape index (κ1) is 22.4. The second-order valence-corrected chi connectivity index (χ2v) is 9.55. The molecule has 5 rings (SSSR count). The number of carboxylic acids is 1. The Morgan fingerprint density at radius 3 is 2.35 bits per heavy atom. The summed E-state index contributed by atoms with van der Waals surface area (Å²) in [5, 5.41) is 12.5. The number of aromatic nitrogens is 1. The largest absolute Gasteiger partial charge is 0.481 e. The summed E-state index contributed by atoms with van der Waals surface area (Å²) in [7, 11) is 0. The molecule has 1 amide bonds. The molecule has 0 aliphatic heterocycles. The minimum atomic E-state index is -4.42. The van der Waals surface area contributed by atoms with E-state index in [-0.39, 0.29) is 29.5 Å². The van der Waals surface area contributed by atoms with Gasteiger partial charge in [0.2, 0.25) is 0 Å². The molecule has 0 saturated heterocycles. The van der Waals surface area contributed by atoms with Gasteiger partial charge in [0, 0.05) is 24.2 Å². The van der Waals surface area contributed by atoms with Crippen molar-refractivity contribution < 1.29 is 32.3 Å². The van der Waals surface area contributed by atoms with Gasteiger partial charge < -0.3 is 15.0 Å². The molecular weight excluding hydrogens is 452 g/mol. The molecule has 2 aliphatic rings. The summed E-state index contributed by atoms with van der Waals surface area (Å²) in [4.78, 5) is 24.1. The Hall–Kier alpha value is -3.36. The molecule has 0 radical (unpaired) electrons. The summed E-state index contributed by atoms with van der Waals surface area (Å²) in [6, 6.07) is 8.83. The Morgan fingerprint density at radius 2 is 1.74 bits per heavy atom. The quantitative estimate of drug-likeness (QED) is 0.498. The van der Waals surface area contributed by atoms with E-state index in [1.165, 1.54) is 24.3 Å². The molecule has 2 saturated carbocycles. The van der Waals surface area contributed by atoms with Crippen LogP contribution >= 0.6 is 0 Å². The van der Waals surface area contributed by atoms with Gasteiger partial charge in [0.15, 0.2) is 0 Å². The number of fused-ring (bicyclic) bond motifs is 1. The van der Waals surface area contributed by atoms with Gasteiger partial charge in [-0.05, 0) is 67.0 Å². The fraction of sp³-hybridized carbons (Fsp3) is 0.360. The van der Waals surface area contributed by atoms with Gasteiger partial charge in [0.05, 0.1) is 22.6 Å². The van der Waals surface area contributed by atoms with Crippen LogP contribution in [0.1, 0.15) is 47.2 Å². The number of halogens is 4. The van der Waals surface area contributed by atoms with E-state index in [1.807, 2.05) is 0 Å². The van der Waals surface area contributed by atoms with Gasteiger partial charge in [-0.3, -0.25) is 9.59 Å². The molecule has 2 aliphatic carbocycles. The average Bonchev–Trinajstić information content (AvgIpc) is 3.09. The summed E-state index contributed by atoms with van der Waals surface area (Å²) in [5.74, 6) is -2.08. The number of carbonyl (C=O) groups is 2. The van der Waals surface area contributed by atoms with Crippen LogP contribution in [-0.2, 0) is 17.5 Å². The van der Waals surface area contributed by atoms with Crippen LogP contribution < -0.4 is 5.32 Å². The number of amides is 1. The Kier molecular flexibility index (Phi) is 5.18. The zero-order chi connectivity index (χ0) is 24.3. The molecule has 0 unspecified atom stereocenters. The summed E-state index contributed by atoms with van der Waals surface area (Å²) < 4.78 is 54.5. The van der Waals surface area contributed by atoms with Crippen molar-refractivity contribution in [1.82, 2.24) is 9.88 Å². The number of benzene rings is 2. The van der Waals surface area contributed by atoms with Crippen LogP contribution in [0.5, 0.6) is 0 Å². The zero-order valence-corrected chi connectivity index (χ0v) is 18.0. The van der Waals surface area contributed by atoms with Crippen LogP contribution in [0.2, 0.25) is 0 Å². The van der Waals surface area contributed by atoms with Crippen molar-refractivity contribution in [3.8, 4) is 0 Å². The van der Waals surface area contributed by atoms with Gasteiger partial charge in [0.25, 0.3) is 5.91 Å². The van der Waals surface area contributed by atoms with Gasteiger partial charge in [-0.15, -0.1) is 0 Å². The van der Waals surface area contributed by atoms with E-state index < -0.39 is 29.4 Å². The summed E-state index contributed by atoms with van der Waals surface area (Å²) in [5.41, 5.74) is 0.517. The number of carbonyl (C=O) groups excluding carboxylic acids is 1. The molecule has 1 spiro atoms. The van der Waals surface area contributed by atoms with E-state index >= 15 is 0 Å². The summed E-state index contributed by atoms with van der Waals surface area (Å²) in [6.07, 6.45) is -0.0994. The van der Waals surface area contributed by atoms with E-state index in [0.29, 0.717) is 42.1 Å². The van der Waals surface area contributed by atoms with Crippen molar-refractivity contribution >= 4 is 22.8 Å². The predicted molar refractivity (Wildman–Crippen MR) is 116 cm³/mol. The Morgan fingerprint density at radius 1 is 1.06 bits per heavy atom. The smallest absolute Gasteiger partial charge is 0.416 e. The molecule has 2 fully saturated rings. The average molecular weight is 474 g/mol. The van der Waals surface area contributed by atoms with E-state index in [4.69, 9.17) is 5.11 Å². The Balaban J connectivity index is 1.33. The number of hydrogen-bond acceptors (Lipinski definition) is 2. The standard InChI is InChI=1S/C25H22F4N2O3/c26-18-7-15-5-6-31(13-14-1-3-17(4-2-14)25(27,28)29)21(15)20(8-18)22(32)30-19-11-24(12-19)9-16(10-24)23(33)34/h1-8,16,19H,9-13H2,(H,30,32)(H,33,34). The number of nitrogens with zero attached hydrogens (tertiary/aromatic N) is 1. The molecule has 3 aromatic rings. The third-order valence-corrected chi connectivity index (χ3v) is 7.11. The van der Waals surface area contributed by atoms with E-state index in [9.17, 15) is 27.2 Å². The third-order valence-electron chi connectivity index (χ3n) is 7.11. The van der Waals surface area contributed by atoms with Gasteiger partial charge in [-0.2, -0.15) is 13.2 Å². The van der Waals surface area contributed by atoms with Crippen molar-refractivity contribution in [3.05, 3.63) is 71.2 Å². The predicted octanol–water partition coefficient (Wildman–Crippen LogP) is 5.22. The van der Waals surface area contributed by atoms with Crippen LogP contribution in [0.25, 0.3) is 10.9 Å². The minimum Gasteiger partial charge on any atom is -0.481 e. The van der Waals surface area contributed by atoms with E-state index in [1.54, 1.807) is 16.8 Å². The monoisotopic (exact) mass is 474 g/mol. The molecule has 2 aromatic carbocycles. The first-order chi connectivity index (χ1) is 16.0. The Labute approximate surface area is 192 Å². The molecule has 0 bridgehead atoms. The van der Waals surface area contributed by atoms with Crippen molar-refractivity contribution in [2.45, 2.75) is 44.4 Å². The van der Waals surface area contributed by atoms with Gasteiger partial charge in [-0.25, -0.2) is 4.39 Å². The molecule has 9 heteroatoms. The number of hydrogen-bond donors (Lipinski definition) is 2. The minimum absolute atomic E-state index is 0.0128. The maximum Gasteiger partial charge on any atom is 0.416 e. The molecule has 1 heterocycles. The maximum absolute atomic E-state index is 14.2. The number of rotatable bonds is 5. The number of alkyl halides is 3. The zero-order valence-electron chi connectivity index (χ0n) is 18.0. The summed E-state index contributed by atoms with van der Waals surface area (Å²) >= 11 is 0. The lowest BCUT2D eigenvalue weighted by atomic mass is 9.50. The fourth-order valence-electron chi connectivity index (χ4n) is 5.46. The summed E-state index contributed by atoms with van der Waals surface area (Å²) in [6.45, 7) is 0.219. The van der Waals surface area contributed by atoms with Crippen LogP contribution in [0, 0.1) is 17.2 Å². The SMILES string of the molecule is O=C(NC1CC2(C1)CC(C(=O)O)C2)c1cc(F)cc2ccn(Cc3ccc(C(F)(F)F)cc3)c12. The maximum atomic E-state index is 14.2. The lowest BCUT2D eigenvalue weighted by Crippen LogP contribution is -2.57. The van der Waals surface area contributed by atoms with Gasteiger partial charge in [-0.1, -0.05) is 12.1 Å². The van der Waals surface area contributed by atoms with E-state index in [0.717, 1.165) is 12.1 Å². The number of aliphatic carboxylic acids is 1. The molecule has 178 valence electrons. The molecule has 5 nitrogen and oxygen atoms in total. The number of nitrogens with one attached hydrogen (secondary N) is 1. The normalized spacial score (nSPS) is 24.0. The van der Waals surface area contributed by atoms with Crippen LogP contribution in [0.4, 0.5) is 17.6 Å². The Bertz CT molecular complexity index is 1270. The van der Waals surface area contributed by atoms with Gasteiger partial charge in [0.1, 0.15) is 5.82 Å². The molecular formula is C25H22F4N2O3. The van der Waals surface area contributed by atoms with Gasteiger partial charge >= 0.3 is 12.1 Å².